The predicted octanol–water partition coefficient (Wildman–Crippen LogP) is 8.55. The SMILES string of the molecule is C[C@@]12O[C@]3(C)C[C@@H]4O[C@@H]5CC[C@@H]6O[C@H](COS(=O)(=O)C(F)(F)F)[C@@](C)(O[Si](C)(C)C)C[C@@]6(C)O[C@H]5C[C@H]4O[C@H]3C[C@H]1O[C@@H](CCCOCc1ccccc1)C[C@@H]2OCc1ccccc1. The molecule has 0 saturated carbocycles. The minimum absolute atomic E-state index is 0.0520. The zero-order chi connectivity index (χ0) is 45.8. The monoisotopic (exact) mass is 940 g/mol. The van der Waals surface area contributed by atoms with E-state index in [1.165, 1.54) is 0 Å². The Kier molecular flexibility index (Phi) is 14.0. The number of hydrogen-bond donors (Lipinski definition) is 0. The van der Waals surface area contributed by atoms with Gasteiger partial charge in [0.25, 0.3) is 0 Å². The van der Waals surface area contributed by atoms with Crippen LogP contribution in [0.2, 0.25) is 19.6 Å². The molecule has 0 aromatic heterocycles. The molecule has 0 amide bonds. The normalized spacial score (nSPS) is 40.2. The molecule has 6 fully saturated rings. The standard InChI is InChI=1S/C47H67F3O12SSi/c1-43-26-37-35(24-36-34(57-37)20-21-38-44(2,60-36)30-45(3,62-64(5,6)7)42(59-38)29-55-63(51,52)47(48,49)50)58-39(43)25-41-46(4,61-43)40(54-28-32-17-12-9-13-18-32)23-33(56-41)19-14-22-53-27-31-15-10-8-11-16-31/h8-13,15-18,33-42H,14,19-30H2,1-7H3/t33-,34+,35+,36-,37-,38-,39-,40-,41+,42+,43+,44+,45-,46-/m0/s1. The van der Waals surface area contributed by atoms with Gasteiger partial charge in [0.1, 0.15) is 11.7 Å². The zero-order valence-corrected chi connectivity index (χ0v) is 40.0. The smallest absolute Gasteiger partial charge is 0.410 e. The van der Waals surface area contributed by atoms with Gasteiger partial charge in [-0.25, -0.2) is 0 Å². The number of rotatable bonds is 14. The van der Waals surface area contributed by atoms with E-state index < -0.39 is 65.2 Å². The summed E-state index contributed by atoms with van der Waals surface area (Å²) < 4.78 is 130. The lowest BCUT2D eigenvalue weighted by atomic mass is 9.72. The summed E-state index contributed by atoms with van der Waals surface area (Å²) in [6.45, 7) is 14.6. The molecule has 0 aliphatic carbocycles. The van der Waals surface area contributed by atoms with E-state index >= 15 is 0 Å². The van der Waals surface area contributed by atoms with Crippen LogP contribution >= 0.6 is 0 Å². The second-order valence-electron chi connectivity index (χ2n) is 20.6. The summed E-state index contributed by atoms with van der Waals surface area (Å²) in [5.74, 6) is 0. The van der Waals surface area contributed by atoms with E-state index in [0.717, 1.165) is 24.0 Å². The highest BCUT2D eigenvalue weighted by Crippen LogP contribution is 2.53. The van der Waals surface area contributed by atoms with E-state index in [4.69, 9.17) is 42.3 Å². The molecule has 2 aromatic carbocycles. The Hall–Kier alpha value is -2.00. The summed E-state index contributed by atoms with van der Waals surface area (Å²) in [5, 5.41) is 0. The largest absolute Gasteiger partial charge is 0.523 e. The van der Waals surface area contributed by atoms with Crippen LogP contribution in [0.1, 0.15) is 96.6 Å². The van der Waals surface area contributed by atoms with Crippen molar-refractivity contribution in [1.82, 2.24) is 0 Å². The summed E-state index contributed by atoms with van der Waals surface area (Å²) in [6.07, 6.45) is 1.54. The Bertz CT molecular complexity index is 1990. The van der Waals surface area contributed by atoms with Crippen LogP contribution in [-0.4, -0.2) is 119 Å². The molecule has 2 aromatic rings. The first kappa shape index (κ1) is 48.5. The molecule has 6 aliphatic rings. The van der Waals surface area contributed by atoms with Gasteiger partial charge >= 0.3 is 15.6 Å². The third-order valence-corrected chi connectivity index (χ3v) is 16.3. The van der Waals surface area contributed by atoms with E-state index in [2.05, 4.69) is 42.3 Å². The Labute approximate surface area is 377 Å². The van der Waals surface area contributed by atoms with Crippen molar-refractivity contribution in [2.24, 2.45) is 0 Å². The number of halogens is 3. The molecule has 12 nitrogen and oxygen atoms in total. The molecule has 0 spiro atoms. The maximum atomic E-state index is 13.3. The molecule has 17 heteroatoms. The average Bonchev–Trinajstić information content (AvgIpc) is 3.33. The summed E-state index contributed by atoms with van der Waals surface area (Å²) >= 11 is 0. The summed E-state index contributed by atoms with van der Waals surface area (Å²) in [7, 11) is -8.22. The van der Waals surface area contributed by atoms with Crippen molar-refractivity contribution in [2.45, 2.75) is 207 Å². The fourth-order valence-corrected chi connectivity index (χ4v) is 13.4. The Balaban J connectivity index is 0.958. The van der Waals surface area contributed by atoms with Crippen molar-refractivity contribution in [3.63, 3.8) is 0 Å². The number of hydrogen-bond acceptors (Lipinski definition) is 12. The van der Waals surface area contributed by atoms with E-state index in [1.807, 2.05) is 63.0 Å². The van der Waals surface area contributed by atoms with Gasteiger partial charge in [-0.05, 0) is 84.1 Å². The number of alkyl halides is 3. The van der Waals surface area contributed by atoms with Crippen molar-refractivity contribution in [3.05, 3.63) is 71.8 Å². The highest BCUT2D eigenvalue weighted by atomic mass is 32.2. The molecule has 14 atom stereocenters. The zero-order valence-electron chi connectivity index (χ0n) is 38.2. The van der Waals surface area contributed by atoms with Crippen molar-refractivity contribution >= 4 is 18.4 Å². The van der Waals surface area contributed by atoms with E-state index in [1.54, 1.807) is 6.92 Å². The van der Waals surface area contributed by atoms with Crippen molar-refractivity contribution in [2.75, 3.05) is 13.2 Å². The van der Waals surface area contributed by atoms with Gasteiger partial charge in [0.2, 0.25) is 0 Å². The lowest BCUT2D eigenvalue weighted by molar-refractivity contribution is -0.372. The highest BCUT2D eigenvalue weighted by molar-refractivity contribution is 7.87. The quantitative estimate of drug-likeness (QED) is 0.0780. The number of ether oxygens (including phenoxy) is 8. The van der Waals surface area contributed by atoms with Gasteiger partial charge in [0.15, 0.2) is 8.32 Å². The van der Waals surface area contributed by atoms with Gasteiger partial charge in [-0.3, -0.25) is 4.18 Å². The van der Waals surface area contributed by atoms with Crippen molar-refractivity contribution < 1.29 is 68.1 Å². The van der Waals surface area contributed by atoms with Crippen LogP contribution in [0.15, 0.2) is 60.7 Å². The predicted molar refractivity (Wildman–Crippen MR) is 232 cm³/mol. The van der Waals surface area contributed by atoms with Crippen LogP contribution in [0.4, 0.5) is 13.2 Å². The lowest BCUT2D eigenvalue weighted by Crippen LogP contribution is -2.72. The molecule has 0 radical (unpaired) electrons. The van der Waals surface area contributed by atoms with Gasteiger partial charge in [-0.15, -0.1) is 0 Å². The number of benzene rings is 2. The second kappa shape index (κ2) is 18.5. The van der Waals surface area contributed by atoms with Crippen molar-refractivity contribution in [3.8, 4) is 0 Å². The third kappa shape index (κ3) is 10.5. The van der Waals surface area contributed by atoms with Crippen LogP contribution < -0.4 is 0 Å². The first-order chi connectivity index (χ1) is 30.1. The van der Waals surface area contributed by atoms with Gasteiger partial charge in [-0.1, -0.05) is 60.7 Å². The van der Waals surface area contributed by atoms with Crippen LogP contribution in [0.3, 0.4) is 0 Å². The molecule has 358 valence electrons. The molecular formula is C47H67F3O12SSi. The first-order valence-corrected chi connectivity index (χ1v) is 27.8. The summed E-state index contributed by atoms with van der Waals surface area (Å²) in [5.41, 5.74) is -6.94. The van der Waals surface area contributed by atoms with Crippen LogP contribution in [0.5, 0.6) is 0 Å². The molecule has 6 aliphatic heterocycles. The Morgan fingerprint density at radius 2 is 1.44 bits per heavy atom. The molecule has 6 heterocycles. The molecule has 0 bridgehead atoms. The molecule has 0 N–H and O–H groups in total. The third-order valence-electron chi connectivity index (χ3n) is 14.2. The molecule has 6 saturated heterocycles. The fraction of sp³-hybridized carbons (Fsp3) is 0.745. The lowest BCUT2D eigenvalue weighted by Gasteiger charge is -2.62. The Morgan fingerprint density at radius 1 is 0.750 bits per heavy atom. The van der Waals surface area contributed by atoms with E-state index in [-0.39, 0.29) is 55.3 Å². The van der Waals surface area contributed by atoms with Gasteiger partial charge in [-0.2, -0.15) is 21.6 Å². The Morgan fingerprint density at radius 3 is 2.11 bits per heavy atom. The fourth-order valence-electron chi connectivity index (χ4n) is 11.3. The van der Waals surface area contributed by atoms with E-state index in [9.17, 15) is 21.6 Å². The molecule has 0 unspecified atom stereocenters. The first-order valence-electron chi connectivity index (χ1n) is 23.0. The maximum Gasteiger partial charge on any atom is 0.523 e. The highest BCUT2D eigenvalue weighted by Gasteiger charge is 2.64. The average molecular weight is 941 g/mol. The van der Waals surface area contributed by atoms with Crippen LogP contribution in [-0.2, 0) is 69.8 Å². The summed E-state index contributed by atoms with van der Waals surface area (Å²) in [4.78, 5) is 0. The molecule has 64 heavy (non-hydrogen) atoms. The topological polar surface area (TPSA) is 126 Å². The molecule has 8 rings (SSSR count). The van der Waals surface area contributed by atoms with Gasteiger partial charge in [0, 0.05) is 38.7 Å². The molecular weight excluding hydrogens is 874 g/mol. The summed E-state index contributed by atoms with van der Waals surface area (Å²) in [6, 6.07) is 20.3. The van der Waals surface area contributed by atoms with Crippen LogP contribution in [0.25, 0.3) is 0 Å². The number of fused-ring (bicyclic) bond motifs is 5. The minimum Gasteiger partial charge on any atom is -0.410 e. The second-order valence-corrected chi connectivity index (χ2v) is 26.7. The minimum atomic E-state index is -5.85. The van der Waals surface area contributed by atoms with Gasteiger partial charge < -0.3 is 42.3 Å². The van der Waals surface area contributed by atoms with Crippen LogP contribution in [0, 0.1) is 0 Å². The maximum absolute atomic E-state index is 13.3. The van der Waals surface area contributed by atoms with Crippen molar-refractivity contribution in [1.29, 1.82) is 0 Å². The van der Waals surface area contributed by atoms with Gasteiger partial charge in [0.05, 0.1) is 91.6 Å². The van der Waals surface area contributed by atoms with E-state index in [0.29, 0.717) is 58.3 Å².